The Bertz CT molecular complexity index is 174. The van der Waals surface area contributed by atoms with Crippen LogP contribution in [0.25, 0.3) is 0 Å². The minimum Gasteiger partial charge on any atom is -0.382 e. The van der Waals surface area contributed by atoms with Crippen LogP contribution >= 0.6 is 0 Å². The van der Waals surface area contributed by atoms with E-state index >= 15 is 0 Å². The number of methoxy groups -OCH3 is 1. The summed E-state index contributed by atoms with van der Waals surface area (Å²) in [5, 5.41) is 12.3. The van der Waals surface area contributed by atoms with Crippen molar-refractivity contribution in [1.82, 2.24) is 5.32 Å². The van der Waals surface area contributed by atoms with Crippen LogP contribution in [0.4, 0.5) is 0 Å². The van der Waals surface area contributed by atoms with E-state index in [4.69, 9.17) is 10.00 Å². The first-order valence-electron chi connectivity index (χ1n) is 4.75. The minimum absolute atomic E-state index is 0.451. The summed E-state index contributed by atoms with van der Waals surface area (Å²) in [6, 6.07) is 2.29. The van der Waals surface area contributed by atoms with Crippen molar-refractivity contribution >= 4 is 0 Å². The molecule has 0 aromatic rings. The maximum atomic E-state index is 9.03. The van der Waals surface area contributed by atoms with Crippen LogP contribution in [-0.4, -0.2) is 25.8 Å². The van der Waals surface area contributed by atoms with Gasteiger partial charge in [0.15, 0.2) is 0 Å². The van der Waals surface area contributed by atoms with Crippen LogP contribution in [0.15, 0.2) is 0 Å². The quantitative estimate of drug-likeness (QED) is 0.681. The molecule has 0 aliphatic carbocycles. The molecule has 0 heterocycles. The number of nitrogens with one attached hydrogen (secondary N) is 1. The van der Waals surface area contributed by atoms with Crippen LogP contribution in [0.2, 0.25) is 0 Å². The van der Waals surface area contributed by atoms with Gasteiger partial charge in [0.25, 0.3) is 0 Å². The fourth-order valence-electron chi connectivity index (χ4n) is 1.07. The van der Waals surface area contributed by atoms with Gasteiger partial charge in [-0.3, -0.25) is 5.32 Å². The lowest BCUT2D eigenvalue weighted by molar-refractivity contribution is 0.133. The van der Waals surface area contributed by atoms with Gasteiger partial charge >= 0.3 is 0 Å². The highest BCUT2D eigenvalue weighted by Gasteiger charge is 2.27. The Morgan fingerprint density at radius 2 is 2.15 bits per heavy atom. The molecule has 0 saturated carbocycles. The predicted molar refractivity (Wildman–Crippen MR) is 53.4 cm³/mol. The van der Waals surface area contributed by atoms with Crippen molar-refractivity contribution in [2.75, 3.05) is 20.3 Å². The molecule has 1 unspecified atom stereocenters. The molecular formula is C10H20N2O. The highest BCUT2D eigenvalue weighted by Crippen LogP contribution is 2.09. The van der Waals surface area contributed by atoms with E-state index in [0.717, 1.165) is 13.0 Å². The van der Waals surface area contributed by atoms with E-state index in [1.165, 1.54) is 0 Å². The molecule has 0 aliphatic heterocycles. The molecule has 3 nitrogen and oxygen atoms in total. The fourth-order valence-corrected chi connectivity index (χ4v) is 1.07. The summed E-state index contributed by atoms with van der Waals surface area (Å²) in [6.07, 6.45) is 0.768. The molecule has 0 amide bonds. The molecule has 76 valence electrons. The summed E-state index contributed by atoms with van der Waals surface area (Å²) < 4.78 is 5.04. The van der Waals surface area contributed by atoms with Gasteiger partial charge < -0.3 is 4.74 Å². The lowest BCUT2D eigenvalue weighted by Crippen LogP contribution is -2.48. The summed E-state index contributed by atoms with van der Waals surface area (Å²) in [4.78, 5) is 0. The van der Waals surface area contributed by atoms with E-state index in [2.05, 4.69) is 25.2 Å². The first-order chi connectivity index (χ1) is 6.10. The Morgan fingerprint density at radius 3 is 2.46 bits per heavy atom. The number of ether oxygens (including phenoxy) is 1. The molecule has 0 radical (unpaired) electrons. The lowest BCUT2D eigenvalue weighted by Gasteiger charge is -2.26. The molecule has 0 aromatic carbocycles. The maximum Gasteiger partial charge on any atom is 0.130 e. The molecular weight excluding hydrogens is 164 g/mol. The highest BCUT2D eigenvalue weighted by molar-refractivity contribution is 5.06. The Hall–Kier alpha value is -0.590. The third-order valence-corrected chi connectivity index (χ3v) is 2.06. The number of nitriles is 1. The zero-order chi connectivity index (χ0) is 10.3. The van der Waals surface area contributed by atoms with E-state index in [0.29, 0.717) is 12.5 Å². The van der Waals surface area contributed by atoms with Crippen LogP contribution in [0.1, 0.15) is 27.2 Å². The van der Waals surface area contributed by atoms with Crippen molar-refractivity contribution in [2.45, 2.75) is 32.7 Å². The van der Waals surface area contributed by atoms with E-state index in [-0.39, 0.29) is 0 Å². The van der Waals surface area contributed by atoms with Gasteiger partial charge in [0.2, 0.25) is 0 Å². The van der Waals surface area contributed by atoms with Crippen LogP contribution in [0.5, 0.6) is 0 Å². The number of hydrogen-bond acceptors (Lipinski definition) is 3. The first kappa shape index (κ1) is 12.4. The molecule has 0 bridgehead atoms. The standard InChI is InChI=1S/C10H20N2O/c1-5-10(7-11,8-13-4)12-6-9(2)3/h9,12H,5-6,8H2,1-4H3. The molecule has 13 heavy (non-hydrogen) atoms. The Morgan fingerprint density at radius 1 is 1.54 bits per heavy atom. The maximum absolute atomic E-state index is 9.03. The number of hydrogen-bond donors (Lipinski definition) is 1. The molecule has 0 fully saturated rings. The van der Waals surface area contributed by atoms with E-state index < -0.39 is 5.54 Å². The average Bonchev–Trinajstić information content (AvgIpc) is 2.12. The zero-order valence-electron chi connectivity index (χ0n) is 9.05. The van der Waals surface area contributed by atoms with Crippen LogP contribution in [0.3, 0.4) is 0 Å². The Balaban J connectivity index is 4.15. The van der Waals surface area contributed by atoms with Crippen molar-refractivity contribution < 1.29 is 4.74 Å². The predicted octanol–water partition coefficient (Wildman–Crippen LogP) is 1.55. The summed E-state index contributed by atoms with van der Waals surface area (Å²) in [6.45, 7) is 7.54. The van der Waals surface area contributed by atoms with Gasteiger partial charge in [-0.2, -0.15) is 5.26 Å². The normalized spacial score (nSPS) is 15.4. The topological polar surface area (TPSA) is 45.0 Å². The Kier molecular flexibility index (Phi) is 5.68. The van der Waals surface area contributed by atoms with Gasteiger partial charge in [0.05, 0.1) is 12.7 Å². The summed E-state index contributed by atoms with van der Waals surface area (Å²) in [7, 11) is 1.62. The third-order valence-electron chi connectivity index (χ3n) is 2.06. The summed E-state index contributed by atoms with van der Waals surface area (Å²) in [5.74, 6) is 0.552. The number of rotatable bonds is 6. The van der Waals surface area contributed by atoms with Gasteiger partial charge in [0.1, 0.15) is 5.54 Å². The smallest absolute Gasteiger partial charge is 0.130 e. The second-order valence-corrected chi connectivity index (χ2v) is 3.76. The van der Waals surface area contributed by atoms with Crippen LogP contribution in [-0.2, 0) is 4.74 Å². The van der Waals surface area contributed by atoms with Gasteiger partial charge in [-0.1, -0.05) is 20.8 Å². The second kappa shape index (κ2) is 5.95. The van der Waals surface area contributed by atoms with Crippen LogP contribution < -0.4 is 5.32 Å². The van der Waals surface area contributed by atoms with Crippen molar-refractivity contribution in [3.05, 3.63) is 0 Å². The SMILES string of the molecule is CCC(C#N)(COC)NCC(C)C. The van der Waals surface area contributed by atoms with E-state index in [9.17, 15) is 0 Å². The molecule has 0 saturated heterocycles. The molecule has 1 atom stereocenters. The first-order valence-corrected chi connectivity index (χ1v) is 4.75. The molecule has 3 heteroatoms. The molecule has 0 aliphatic rings. The molecule has 1 N–H and O–H groups in total. The van der Waals surface area contributed by atoms with Gasteiger partial charge in [-0.25, -0.2) is 0 Å². The summed E-state index contributed by atoms with van der Waals surface area (Å²) >= 11 is 0. The highest BCUT2D eigenvalue weighted by atomic mass is 16.5. The molecule has 0 aromatic heterocycles. The molecule has 0 rings (SSSR count). The third kappa shape index (κ3) is 4.25. The van der Waals surface area contributed by atoms with Crippen LogP contribution in [0, 0.1) is 17.2 Å². The van der Waals surface area contributed by atoms with Crippen molar-refractivity contribution in [3.63, 3.8) is 0 Å². The largest absolute Gasteiger partial charge is 0.382 e. The van der Waals surface area contributed by atoms with E-state index in [1.54, 1.807) is 7.11 Å². The lowest BCUT2D eigenvalue weighted by atomic mass is 9.98. The van der Waals surface area contributed by atoms with Gasteiger partial charge in [-0.15, -0.1) is 0 Å². The minimum atomic E-state index is -0.501. The average molecular weight is 184 g/mol. The van der Waals surface area contributed by atoms with E-state index in [1.807, 2.05) is 6.92 Å². The van der Waals surface area contributed by atoms with Crippen molar-refractivity contribution in [1.29, 1.82) is 5.26 Å². The Labute approximate surface area is 81.1 Å². The second-order valence-electron chi connectivity index (χ2n) is 3.76. The zero-order valence-corrected chi connectivity index (χ0v) is 9.05. The van der Waals surface area contributed by atoms with Crippen molar-refractivity contribution in [2.24, 2.45) is 5.92 Å². The van der Waals surface area contributed by atoms with Gasteiger partial charge in [0, 0.05) is 7.11 Å². The van der Waals surface area contributed by atoms with Crippen molar-refractivity contribution in [3.8, 4) is 6.07 Å². The number of nitrogens with zero attached hydrogens (tertiary/aromatic N) is 1. The molecule has 0 spiro atoms. The van der Waals surface area contributed by atoms with Gasteiger partial charge in [-0.05, 0) is 18.9 Å². The monoisotopic (exact) mass is 184 g/mol. The summed E-state index contributed by atoms with van der Waals surface area (Å²) in [5.41, 5.74) is -0.501. The fraction of sp³-hybridized carbons (Fsp3) is 0.900.